The largest absolute Gasteiger partial charge is 0.396 e. The Morgan fingerprint density at radius 1 is 1.00 bits per heavy atom. The predicted molar refractivity (Wildman–Crippen MR) is 78.1 cm³/mol. The minimum absolute atomic E-state index is 0.258. The standard InChI is InChI=1S/C16H20OS/c1-2-15-8-9-16(18-15)11-14(12-17)10-13-6-4-3-5-7-13/h3-9,14,17H,2,10-12H2,1H3. The highest BCUT2D eigenvalue weighted by Crippen LogP contribution is 2.22. The topological polar surface area (TPSA) is 20.2 Å². The molecule has 1 atom stereocenters. The van der Waals surface area contributed by atoms with E-state index in [1.807, 2.05) is 17.4 Å². The van der Waals surface area contributed by atoms with Crippen LogP contribution in [0.3, 0.4) is 0 Å². The monoisotopic (exact) mass is 260 g/mol. The van der Waals surface area contributed by atoms with E-state index < -0.39 is 0 Å². The van der Waals surface area contributed by atoms with Crippen molar-refractivity contribution in [3.05, 3.63) is 57.8 Å². The summed E-state index contributed by atoms with van der Waals surface area (Å²) < 4.78 is 0. The second-order valence-electron chi connectivity index (χ2n) is 4.66. The molecule has 1 unspecified atom stereocenters. The zero-order valence-corrected chi connectivity index (χ0v) is 11.6. The van der Waals surface area contributed by atoms with E-state index in [0.717, 1.165) is 19.3 Å². The molecule has 0 amide bonds. The lowest BCUT2D eigenvalue weighted by Crippen LogP contribution is -2.12. The lowest BCUT2D eigenvalue weighted by Gasteiger charge is -2.13. The Balaban J connectivity index is 1.97. The third-order valence-corrected chi connectivity index (χ3v) is 4.43. The lowest BCUT2D eigenvalue weighted by atomic mass is 9.96. The Labute approximate surface area is 113 Å². The van der Waals surface area contributed by atoms with E-state index in [0.29, 0.717) is 5.92 Å². The molecule has 1 nitrogen and oxygen atoms in total. The van der Waals surface area contributed by atoms with Crippen LogP contribution in [-0.4, -0.2) is 11.7 Å². The molecule has 1 heterocycles. The van der Waals surface area contributed by atoms with Crippen molar-refractivity contribution >= 4 is 11.3 Å². The van der Waals surface area contributed by atoms with E-state index in [1.54, 1.807) is 0 Å². The molecule has 2 heteroatoms. The summed E-state index contributed by atoms with van der Waals surface area (Å²) in [6, 6.07) is 14.8. The molecule has 0 radical (unpaired) electrons. The van der Waals surface area contributed by atoms with Crippen LogP contribution in [0.5, 0.6) is 0 Å². The number of aliphatic hydroxyl groups is 1. The summed E-state index contributed by atoms with van der Waals surface area (Å²) in [4.78, 5) is 2.82. The van der Waals surface area contributed by atoms with Crippen molar-refractivity contribution in [2.45, 2.75) is 26.2 Å². The Morgan fingerprint density at radius 3 is 2.33 bits per heavy atom. The first-order valence-electron chi connectivity index (χ1n) is 6.54. The van der Waals surface area contributed by atoms with Gasteiger partial charge in [-0.3, -0.25) is 0 Å². The van der Waals surface area contributed by atoms with E-state index in [9.17, 15) is 5.11 Å². The van der Waals surface area contributed by atoms with Crippen LogP contribution in [0.25, 0.3) is 0 Å². The van der Waals surface area contributed by atoms with E-state index in [-0.39, 0.29) is 6.61 Å². The quantitative estimate of drug-likeness (QED) is 0.839. The highest BCUT2D eigenvalue weighted by Gasteiger charge is 2.11. The molecule has 0 aliphatic heterocycles. The molecule has 0 saturated heterocycles. The second-order valence-corrected chi connectivity index (χ2v) is 5.92. The first-order valence-corrected chi connectivity index (χ1v) is 7.35. The Bertz CT molecular complexity index is 461. The summed E-state index contributed by atoms with van der Waals surface area (Å²) in [7, 11) is 0. The summed E-state index contributed by atoms with van der Waals surface area (Å²) in [5.74, 6) is 0.329. The maximum atomic E-state index is 9.52. The Hall–Kier alpha value is -1.12. The SMILES string of the molecule is CCc1ccc(CC(CO)Cc2ccccc2)s1. The summed E-state index contributed by atoms with van der Waals surface area (Å²) >= 11 is 1.88. The Morgan fingerprint density at radius 2 is 1.72 bits per heavy atom. The molecule has 0 bridgehead atoms. The first-order chi connectivity index (χ1) is 8.81. The molecule has 1 N–H and O–H groups in total. The van der Waals surface area contributed by atoms with Crippen LogP contribution in [0.4, 0.5) is 0 Å². The number of benzene rings is 1. The van der Waals surface area contributed by atoms with Gasteiger partial charge in [0.25, 0.3) is 0 Å². The summed E-state index contributed by atoms with van der Waals surface area (Å²) in [5, 5.41) is 9.52. The normalized spacial score (nSPS) is 12.6. The first kappa shape index (κ1) is 13.3. The molecule has 96 valence electrons. The number of rotatable bonds is 6. The van der Waals surface area contributed by atoms with Gasteiger partial charge >= 0.3 is 0 Å². The highest BCUT2D eigenvalue weighted by atomic mass is 32.1. The van der Waals surface area contributed by atoms with Crippen molar-refractivity contribution in [3.63, 3.8) is 0 Å². The fraction of sp³-hybridized carbons (Fsp3) is 0.375. The van der Waals surface area contributed by atoms with Crippen LogP contribution in [0.1, 0.15) is 22.2 Å². The van der Waals surface area contributed by atoms with Crippen molar-refractivity contribution in [2.75, 3.05) is 6.61 Å². The molecule has 1 aromatic heterocycles. The fourth-order valence-corrected chi connectivity index (χ4v) is 3.23. The van der Waals surface area contributed by atoms with E-state index in [4.69, 9.17) is 0 Å². The zero-order chi connectivity index (χ0) is 12.8. The molecule has 0 spiro atoms. The molecule has 1 aromatic carbocycles. The Kier molecular flexibility index (Phi) is 4.97. The van der Waals surface area contributed by atoms with Crippen LogP contribution >= 0.6 is 11.3 Å². The van der Waals surface area contributed by atoms with Gasteiger partial charge in [-0.1, -0.05) is 37.3 Å². The van der Waals surface area contributed by atoms with Gasteiger partial charge in [-0.2, -0.15) is 0 Å². The minimum atomic E-state index is 0.258. The average Bonchev–Trinajstić information content (AvgIpc) is 2.87. The second kappa shape index (κ2) is 6.72. The predicted octanol–water partition coefficient (Wildman–Crippen LogP) is 3.70. The molecular formula is C16H20OS. The van der Waals surface area contributed by atoms with Crippen molar-refractivity contribution in [1.82, 2.24) is 0 Å². The maximum Gasteiger partial charge on any atom is 0.0465 e. The van der Waals surface area contributed by atoms with Gasteiger partial charge < -0.3 is 5.11 Å². The van der Waals surface area contributed by atoms with Crippen LogP contribution < -0.4 is 0 Å². The van der Waals surface area contributed by atoms with Gasteiger partial charge in [-0.05, 0) is 42.9 Å². The van der Waals surface area contributed by atoms with Gasteiger partial charge in [0.05, 0.1) is 0 Å². The summed E-state index contributed by atoms with van der Waals surface area (Å²) in [6.45, 7) is 2.44. The number of hydrogen-bond donors (Lipinski definition) is 1. The number of aliphatic hydroxyl groups excluding tert-OH is 1. The van der Waals surface area contributed by atoms with E-state index in [2.05, 4.69) is 43.3 Å². The molecule has 2 aromatic rings. The molecular weight excluding hydrogens is 240 g/mol. The number of hydrogen-bond acceptors (Lipinski definition) is 2. The van der Waals surface area contributed by atoms with Crippen molar-refractivity contribution in [1.29, 1.82) is 0 Å². The van der Waals surface area contributed by atoms with Gasteiger partial charge in [0, 0.05) is 16.4 Å². The van der Waals surface area contributed by atoms with Gasteiger partial charge in [0.1, 0.15) is 0 Å². The minimum Gasteiger partial charge on any atom is -0.396 e. The zero-order valence-electron chi connectivity index (χ0n) is 10.8. The average molecular weight is 260 g/mol. The highest BCUT2D eigenvalue weighted by molar-refractivity contribution is 7.11. The summed E-state index contributed by atoms with van der Waals surface area (Å²) in [6.07, 6.45) is 3.04. The molecule has 0 aliphatic carbocycles. The third kappa shape index (κ3) is 3.69. The molecule has 2 rings (SSSR count). The molecule has 0 fully saturated rings. The van der Waals surface area contributed by atoms with E-state index >= 15 is 0 Å². The number of aryl methyl sites for hydroxylation is 1. The lowest BCUT2D eigenvalue weighted by molar-refractivity contribution is 0.225. The van der Waals surface area contributed by atoms with Crippen molar-refractivity contribution in [2.24, 2.45) is 5.92 Å². The van der Waals surface area contributed by atoms with Crippen LogP contribution in [0, 0.1) is 5.92 Å². The van der Waals surface area contributed by atoms with Gasteiger partial charge in [-0.15, -0.1) is 11.3 Å². The van der Waals surface area contributed by atoms with Crippen molar-refractivity contribution < 1.29 is 5.11 Å². The molecule has 0 aliphatic rings. The maximum absolute atomic E-state index is 9.52. The van der Waals surface area contributed by atoms with E-state index in [1.165, 1.54) is 15.3 Å². The summed E-state index contributed by atoms with van der Waals surface area (Å²) in [5.41, 5.74) is 1.31. The molecule has 18 heavy (non-hydrogen) atoms. The van der Waals surface area contributed by atoms with Crippen LogP contribution in [0.15, 0.2) is 42.5 Å². The van der Waals surface area contributed by atoms with Gasteiger partial charge in [0.2, 0.25) is 0 Å². The smallest absolute Gasteiger partial charge is 0.0465 e. The van der Waals surface area contributed by atoms with Gasteiger partial charge in [-0.25, -0.2) is 0 Å². The van der Waals surface area contributed by atoms with Gasteiger partial charge in [0.15, 0.2) is 0 Å². The fourth-order valence-electron chi connectivity index (χ4n) is 2.16. The van der Waals surface area contributed by atoms with Crippen LogP contribution in [-0.2, 0) is 19.3 Å². The molecule has 0 saturated carbocycles. The van der Waals surface area contributed by atoms with Crippen LogP contribution in [0.2, 0.25) is 0 Å². The number of thiophene rings is 1. The van der Waals surface area contributed by atoms with Crippen molar-refractivity contribution in [3.8, 4) is 0 Å². The third-order valence-electron chi connectivity index (χ3n) is 3.18.